The molecule has 1 aliphatic heterocycles. The highest BCUT2D eigenvalue weighted by Crippen LogP contribution is 2.30. The molecular formula is C14H17N3O4. The summed E-state index contributed by atoms with van der Waals surface area (Å²) in [5.41, 5.74) is 6.99. The van der Waals surface area contributed by atoms with Crippen LogP contribution < -0.4 is 11.1 Å². The highest BCUT2D eigenvalue weighted by atomic mass is 16.5. The zero-order chi connectivity index (χ0) is 15.4. The molecule has 4 N–H and O–H groups in total. The minimum Gasteiger partial charge on any atom is -0.469 e. The fraction of sp³-hybridized carbons (Fsp3) is 0.357. The Balaban J connectivity index is 2.06. The number of carbonyl (C=O) groups excluding carboxylic acids is 2. The Labute approximate surface area is 121 Å². The predicted octanol–water partition coefficient (Wildman–Crippen LogP) is 0.521. The van der Waals surface area contributed by atoms with Crippen molar-refractivity contribution in [3.63, 3.8) is 0 Å². The smallest absolute Gasteiger partial charge is 0.306 e. The van der Waals surface area contributed by atoms with Crippen molar-refractivity contribution in [2.24, 2.45) is 16.8 Å². The van der Waals surface area contributed by atoms with Crippen molar-refractivity contribution in [2.45, 2.75) is 18.9 Å². The van der Waals surface area contributed by atoms with Crippen LogP contribution in [0.25, 0.3) is 0 Å². The van der Waals surface area contributed by atoms with Crippen molar-refractivity contribution in [1.29, 1.82) is 0 Å². The average Bonchev–Trinajstić information content (AvgIpc) is 2.87. The standard InChI is InChI=1S/C14H17N3O4/c1-21-12(18)7-10-6-11(16-14(10)19)8-2-4-9(5-3-8)13(15)17-20/h2-5,10-11,20H,6-7H2,1H3,(H2,15,17)(H,16,19). The van der Waals surface area contributed by atoms with Crippen LogP contribution in [0.3, 0.4) is 0 Å². The van der Waals surface area contributed by atoms with Gasteiger partial charge >= 0.3 is 5.97 Å². The zero-order valence-electron chi connectivity index (χ0n) is 11.6. The molecule has 2 atom stereocenters. The van der Waals surface area contributed by atoms with Gasteiger partial charge < -0.3 is 21.0 Å². The van der Waals surface area contributed by atoms with Gasteiger partial charge in [-0.25, -0.2) is 0 Å². The first kappa shape index (κ1) is 14.8. The summed E-state index contributed by atoms with van der Waals surface area (Å²) >= 11 is 0. The van der Waals surface area contributed by atoms with Gasteiger partial charge in [0.15, 0.2) is 5.84 Å². The molecule has 0 aliphatic carbocycles. The molecule has 0 aromatic heterocycles. The number of methoxy groups -OCH3 is 1. The van der Waals surface area contributed by atoms with E-state index >= 15 is 0 Å². The van der Waals surface area contributed by atoms with E-state index in [1.807, 2.05) is 0 Å². The second-order valence-corrected chi connectivity index (χ2v) is 4.88. The number of rotatable bonds is 4. The van der Waals surface area contributed by atoms with E-state index in [1.165, 1.54) is 7.11 Å². The Morgan fingerprint density at radius 3 is 2.71 bits per heavy atom. The molecule has 1 aromatic rings. The number of benzene rings is 1. The number of nitrogens with zero attached hydrogens (tertiary/aromatic N) is 1. The lowest BCUT2D eigenvalue weighted by Crippen LogP contribution is -2.23. The number of hydrogen-bond acceptors (Lipinski definition) is 5. The monoisotopic (exact) mass is 291 g/mol. The lowest BCUT2D eigenvalue weighted by Gasteiger charge is -2.11. The third kappa shape index (κ3) is 3.31. The van der Waals surface area contributed by atoms with E-state index < -0.39 is 5.97 Å². The SMILES string of the molecule is COC(=O)CC1CC(c2ccc(/C(N)=N\O)cc2)NC1=O. The van der Waals surface area contributed by atoms with Gasteiger partial charge in [-0.05, 0) is 12.0 Å². The number of nitrogens with one attached hydrogen (secondary N) is 1. The molecule has 112 valence electrons. The van der Waals surface area contributed by atoms with Gasteiger partial charge in [0.05, 0.1) is 25.5 Å². The summed E-state index contributed by atoms with van der Waals surface area (Å²) in [6.07, 6.45) is 0.623. The van der Waals surface area contributed by atoms with Crippen molar-refractivity contribution in [3.8, 4) is 0 Å². The first-order valence-electron chi connectivity index (χ1n) is 6.50. The molecule has 7 heteroatoms. The zero-order valence-corrected chi connectivity index (χ0v) is 11.6. The van der Waals surface area contributed by atoms with Crippen molar-refractivity contribution in [2.75, 3.05) is 7.11 Å². The van der Waals surface area contributed by atoms with Crippen LogP contribution in [0.5, 0.6) is 0 Å². The Hall–Kier alpha value is -2.57. The van der Waals surface area contributed by atoms with E-state index in [-0.39, 0.29) is 30.1 Å². The molecule has 2 rings (SSSR count). The fourth-order valence-electron chi connectivity index (χ4n) is 2.36. The topological polar surface area (TPSA) is 114 Å². The second-order valence-electron chi connectivity index (χ2n) is 4.88. The van der Waals surface area contributed by atoms with Crippen LogP contribution in [0.1, 0.15) is 30.0 Å². The van der Waals surface area contributed by atoms with Gasteiger partial charge in [-0.2, -0.15) is 0 Å². The first-order chi connectivity index (χ1) is 10.0. The largest absolute Gasteiger partial charge is 0.469 e. The van der Waals surface area contributed by atoms with Gasteiger partial charge in [0.25, 0.3) is 0 Å². The van der Waals surface area contributed by atoms with Crippen LogP contribution in [-0.2, 0) is 14.3 Å². The van der Waals surface area contributed by atoms with Gasteiger partial charge in [0.1, 0.15) is 0 Å². The Morgan fingerprint density at radius 1 is 1.48 bits per heavy atom. The minimum absolute atomic E-state index is 0.0283. The number of carbonyl (C=O) groups is 2. The molecule has 1 amide bonds. The third-order valence-electron chi connectivity index (χ3n) is 3.56. The molecule has 7 nitrogen and oxygen atoms in total. The van der Waals surface area contributed by atoms with Gasteiger partial charge in [-0.3, -0.25) is 9.59 Å². The van der Waals surface area contributed by atoms with E-state index in [1.54, 1.807) is 24.3 Å². The van der Waals surface area contributed by atoms with Crippen molar-refractivity contribution in [1.82, 2.24) is 5.32 Å². The van der Waals surface area contributed by atoms with E-state index in [9.17, 15) is 9.59 Å². The summed E-state index contributed by atoms with van der Waals surface area (Å²) in [5.74, 6) is -0.879. The van der Waals surface area contributed by atoms with Crippen LogP contribution in [0.4, 0.5) is 0 Å². The van der Waals surface area contributed by atoms with E-state index in [2.05, 4.69) is 15.2 Å². The Bertz CT molecular complexity index is 568. The average molecular weight is 291 g/mol. The quantitative estimate of drug-likeness (QED) is 0.246. The molecule has 0 bridgehead atoms. The van der Waals surface area contributed by atoms with E-state index in [0.717, 1.165) is 5.56 Å². The third-order valence-corrected chi connectivity index (χ3v) is 3.56. The summed E-state index contributed by atoms with van der Waals surface area (Å²) < 4.78 is 4.59. The second kappa shape index (κ2) is 6.25. The number of esters is 1. The molecule has 0 saturated carbocycles. The fourth-order valence-corrected chi connectivity index (χ4v) is 2.36. The maximum absolute atomic E-state index is 11.8. The van der Waals surface area contributed by atoms with Crippen LogP contribution in [0, 0.1) is 5.92 Å². The highest BCUT2D eigenvalue weighted by molar-refractivity contribution is 5.97. The predicted molar refractivity (Wildman–Crippen MR) is 74.6 cm³/mol. The molecule has 1 aliphatic rings. The van der Waals surface area contributed by atoms with Crippen LogP contribution in [0.2, 0.25) is 0 Å². The summed E-state index contributed by atoms with van der Waals surface area (Å²) in [5, 5.41) is 14.4. The summed E-state index contributed by atoms with van der Waals surface area (Å²) in [6.45, 7) is 0. The molecular weight excluding hydrogens is 274 g/mol. The molecule has 21 heavy (non-hydrogen) atoms. The molecule has 1 aromatic carbocycles. The number of oxime groups is 1. The molecule has 1 saturated heterocycles. The van der Waals surface area contributed by atoms with E-state index in [0.29, 0.717) is 12.0 Å². The molecule has 1 fully saturated rings. The highest BCUT2D eigenvalue weighted by Gasteiger charge is 2.34. The van der Waals surface area contributed by atoms with Crippen molar-refractivity contribution < 1.29 is 19.5 Å². The molecule has 1 heterocycles. The summed E-state index contributed by atoms with van der Waals surface area (Å²) in [4.78, 5) is 23.1. The lowest BCUT2D eigenvalue weighted by molar-refractivity contribution is -0.143. The van der Waals surface area contributed by atoms with Crippen LogP contribution >= 0.6 is 0 Å². The maximum Gasteiger partial charge on any atom is 0.306 e. The van der Waals surface area contributed by atoms with Crippen LogP contribution in [0.15, 0.2) is 29.4 Å². The number of amidine groups is 1. The van der Waals surface area contributed by atoms with Gasteiger partial charge in [-0.1, -0.05) is 29.4 Å². The van der Waals surface area contributed by atoms with Gasteiger partial charge in [-0.15, -0.1) is 0 Å². The molecule has 0 spiro atoms. The number of ether oxygens (including phenoxy) is 1. The number of nitrogens with two attached hydrogens (primary N) is 1. The number of amides is 1. The lowest BCUT2D eigenvalue weighted by atomic mass is 9.97. The molecule has 2 unspecified atom stereocenters. The van der Waals surface area contributed by atoms with Gasteiger partial charge in [0.2, 0.25) is 5.91 Å². The van der Waals surface area contributed by atoms with E-state index in [4.69, 9.17) is 10.9 Å². The molecule has 0 radical (unpaired) electrons. The first-order valence-corrected chi connectivity index (χ1v) is 6.50. The van der Waals surface area contributed by atoms with Crippen LogP contribution in [-0.4, -0.2) is 30.0 Å². The number of hydrogen-bond donors (Lipinski definition) is 3. The minimum atomic E-state index is -0.391. The van der Waals surface area contributed by atoms with Gasteiger partial charge in [0, 0.05) is 5.56 Å². The normalized spacial score (nSPS) is 22.0. The maximum atomic E-state index is 11.8. The Morgan fingerprint density at radius 2 is 2.14 bits per heavy atom. The summed E-state index contributed by atoms with van der Waals surface area (Å²) in [7, 11) is 1.30. The van der Waals surface area contributed by atoms with Crippen molar-refractivity contribution >= 4 is 17.7 Å². The summed E-state index contributed by atoms with van der Waals surface area (Å²) in [6, 6.07) is 6.89. The Kier molecular flexibility index (Phi) is 4.42. The van der Waals surface area contributed by atoms with Crippen molar-refractivity contribution in [3.05, 3.63) is 35.4 Å².